The van der Waals surface area contributed by atoms with Crippen LogP contribution >= 0.6 is 0 Å². The van der Waals surface area contributed by atoms with E-state index in [1.807, 2.05) is 0 Å². The zero-order valence-electron chi connectivity index (χ0n) is 18.9. The molecule has 0 aromatic carbocycles. The molecule has 1 aliphatic heterocycles. The third kappa shape index (κ3) is 6.33. The van der Waals surface area contributed by atoms with Crippen LogP contribution in [-0.2, 0) is 33.4 Å². The van der Waals surface area contributed by atoms with Crippen molar-refractivity contribution in [2.75, 3.05) is 25.4 Å². The standard InChI is InChI=1S/C20H27N7O8/c21-5-10(28)1-3-13(30)33-7-12-16(32)17(35-14(31)4-2-11(29)6-22)20(34-12)27-9-26-15-18(23)24-8-25-19(15)27/h8-9,12,16-17,20,32H,1-7,21-22H2,(H2,23,24,25)/p+1/t12-,16?,17?,20-/m1/s1. The van der Waals surface area contributed by atoms with Crippen molar-refractivity contribution in [2.24, 2.45) is 5.73 Å². The van der Waals surface area contributed by atoms with Crippen molar-refractivity contribution in [1.82, 2.24) is 19.5 Å². The topological polar surface area (TPSA) is 239 Å². The minimum Gasteiger partial charge on any atom is -0.463 e. The summed E-state index contributed by atoms with van der Waals surface area (Å²) >= 11 is 0. The quantitative estimate of drug-likeness (QED) is 0.216. The maximum Gasteiger partial charge on any atom is 0.306 e. The molecule has 4 atom stereocenters. The van der Waals surface area contributed by atoms with Crippen molar-refractivity contribution < 1.29 is 44.2 Å². The number of aliphatic hydroxyl groups is 1. The van der Waals surface area contributed by atoms with Gasteiger partial charge in [-0.1, -0.05) is 0 Å². The van der Waals surface area contributed by atoms with Crippen LogP contribution in [0.25, 0.3) is 11.2 Å². The second-order valence-electron chi connectivity index (χ2n) is 7.81. The maximum absolute atomic E-state index is 12.4. The van der Waals surface area contributed by atoms with Crippen LogP contribution in [-0.4, -0.2) is 86.1 Å². The highest BCUT2D eigenvalue weighted by Crippen LogP contribution is 2.34. The maximum atomic E-state index is 12.4. The Balaban J connectivity index is 1.76. The van der Waals surface area contributed by atoms with Crippen molar-refractivity contribution in [3.05, 3.63) is 12.7 Å². The molecule has 8 N–H and O–H groups in total. The van der Waals surface area contributed by atoms with Crippen molar-refractivity contribution in [1.29, 1.82) is 0 Å². The van der Waals surface area contributed by atoms with Crippen LogP contribution in [0.5, 0.6) is 0 Å². The van der Waals surface area contributed by atoms with Crippen LogP contribution in [0.2, 0.25) is 0 Å². The van der Waals surface area contributed by atoms with E-state index in [1.54, 1.807) is 0 Å². The SMILES string of the molecule is NCC(=O)CCC(=O)OC[C@H]1O[C@@H](n2cnc3c(N)ncnc32)C(OC(=O)CCC(=O)C[NH3+])C1O. The molecule has 3 rings (SSSR count). The first-order valence-corrected chi connectivity index (χ1v) is 10.9. The van der Waals surface area contributed by atoms with Gasteiger partial charge >= 0.3 is 11.9 Å². The summed E-state index contributed by atoms with van der Waals surface area (Å²) in [6, 6.07) is 0. The number of hydrogen-bond acceptors (Lipinski definition) is 13. The molecule has 35 heavy (non-hydrogen) atoms. The Morgan fingerprint density at radius 2 is 1.80 bits per heavy atom. The van der Waals surface area contributed by atoms with Crippen LogP contribution in [0.3, 0.4) is 0 Å². The number of nitrogens with two attached hydrogens (primary N) is 2. The molecule has 0 spiro atoms. The fraction of sp³-hybridized carbons (Fsp3) is 0.550. The van der Waals surface area contributed by atoms with Crippen molar-refractivity contribution in [3.63, 3.8) is 0 Å². The lowest BCUT2D eigenvalue weighted by Gasteiger charge is -2.21. The molecule has 0 radical (unpaired) electrons. The largest absolute Gasteiger partial charge is 0.463 e. The number of nitrogen functional groups attached to an aromatic ring is 1. The molecule has 15 heteroatoms. The van der Waals surface area contributed by atoms with Gasteiger partial charge in [-0.3, -0.25) is 23.7 Å². The fourth-order valence-corrected chi connectivity index (χ4v) is 3.43. The Kier molecular flexibility index (Phi) is 8.75. The number of esters is 2. The summed E-state index contributed by atoms with van der Waals surface area (Å²) in [5, 5.41) is 10.9. The van der Waals surface area contributed by atoms with Gasteiger partial charge in [-0.2, -0.15) is 0 Å². The first kappa shape index (κ1) is 26.1. The lowest BCUT2D eigenvalue weighted by atomic mass is 10.1. The molecule has 190 valence electrons. The van der Waals surface area contributed by atoms with Crippen molar-refractivity contribution in [2.45, 2.75) is 50.2 Å². The van der Waals surface area contributed by atoms with Crippen LogP contribution in [0.4, 0.5) is 5.82 Å². The highest BCUT2D eigenvalue weighted by Gasteiger charge is 2.48. The van der Waals surface area contributed by atoms with Gasteiger partial charge in [-0.05, 0) is 0 Å². The summed E-state index contributed by atoms with van der Waals surface area (Å²) in [6.45, 7) is -0.512. The minimum atomic E-state index is -1.40. The first-order valence-electron chi connectivity index (χ1n) is 10.9. The monoisotopic (exact) mass is 494 g/mol. The second kappa shape index (κ2) is 11.7. The van der Waals surface area contributed by atoms with Crippen LogP contribution in [0, 0.1) is 0 Å². The van der Waals surface area contributed by atoms with Gasteiger partial charge in [-0.25, -0.2) is 15.0 Å². The number of rotatable bonds is 12. The molecule has 2 unspecified atom stereocenters. The van der Waals surface area contributed by atoms with Crippen molar-refractivity contribution >= 4 is 40.5 Å². The summed E-state index contributed by atoms with van der Waals surface area (Å²) in [7, 11) is 0. The van der Waals surface area contributed by atoms with E-state index in [-0.39, 0.29) is 73.9 Å². The number of fused-ring (bicyclic) bond motifs is 1. The average molecular weight is 494 g/mol. The minimum absolute atomic E-state index is 0.0392. The zero-order chi connectivity index (χ0) is 25.5. The number of carbonyl (C=O) groups is 4. The van der Waals surface area contributed by atoms with Gasteiger partial charge in [0.05, 0.1) is 25.7 Å². The Morgan fingerprint density at radius 3 is 2.51 bits per heavy atom. The predicted octanol–water partition coefficient (Wildman–Crippen LogP) is -2.98. The summed E-state index contributed by atoms with van der Waals surface area (Å²) in [6.07, 6.45) is -2.78. The van der Waals surface area contributed by atoms with Crippen LogP contribution in [0.15, 0.2) is 12.7 Å². The molecule has 2 aromatic heterocycles. The van der Waals surface area contributed by atoms with E-state index in [9.17, 15) is 24.3 Å². The highest BCUT2D eigenvalue weighted by atomic mass is 16.6. The number of hydrogen-bond donors (Lipinski definition) is 4. The molecule has 1 saturated heterocycles. The van der Waals surface area contributed by atoms with E-state index >= 15 is 0 Å². The van der Waals surface area contributed by atoms with E-state index in [0.29, 0.717) is 0 Å². The summed E-state index contributed by atoms with van der Waals surface area (Å²) in [5.74, 6) is -1.81. The Labute approximate surface area is 198 Å². The van der Waals surface area contributed by atoms with E-state index in [4.69, 9.17) is 25.7 Å². The first-order chi connectivity index (χ1) is 16.7. The van der Waals surface area contributed by atoms with Gasteiger partial charge in [0.15, 0.2) is 29.6 Å². The fourth-order valence-electron chi connectivity index (χ4n) is 3.43. The second-order valence-corrected chi connectivity index (χ2v) is 7.81. The molecule has 0 amide bonds. The number of quaternary nitrogens is 1. The van der Waals surface area contributed by atoms with Gasteiger partial charge in [-0.15, -0.1) is 0 Å². The summed E-state index contributed by atoms with van der Waals surface area (Å²) in [5.41, 5.74) is 15.1. The molecule has 1 fully saturated rings. The molecule has 0 aliphatic carbocycles. The van der Waals surface area contributed by atoms with Gasteiger partial charge in [0, 0.05) is 12.8 Å². The molecule has 3 heterocycles. The number of carbonyl (C=O) groups excluding carboxylic acids is 4. The van der Waals surface area contributed by atoms with Crippen molar-refractivity contribution in [3.8, 4) is 0 Å². The molecule has 2 aromatic rings. The lowest BCUT2D eigenvalue weighted by Crippen LogP contribution is -2.54. The number of anilines is 1. The van der Waals surface area contributed by atoms with Crippen LogP contribution in [0.1, 0.15) is 31.9 Å². The molecule has 15 nitrogen and oxygen atoms in total. The highest BCUT2D eigenvalue weighted by molar-refractivity contribution is 5.84. The van der Waals surface area contributed by atoms with Gasteiger partial charge in [0.2, 0.25) is 0 Å². The van der Waals surface area contributed by atoms with E-state index < -0.39 is 36.5 Å². The number of aromatic nitrogens is 4. The van der Waals surface area contributed by atoms with E-state index in [2.05, 4.69) is 20.7 Å². The summed E-state index contributed by atoms with van der Waals surface area (Å²) < 4.78 is 17.9. The average Bonchev–Trinajstić information content (AvgIpc) is 3.41. The smallest absolute Gasteiger partial charge is 0.306 e. The van der Waals surface area contributed by atoms with Gasteiger partial charge in [0.1, 0.15) is 43.0 Å². The number of aliphatic hydroxyl groups excluding tert-OH is 1. The number of ketones is 2. The number of imidazole rings is 1. The number of Topliss-reactive ketones (excluding diaryl/α,β-unsaturated/α-hetero) is 2. The Bertz CT molecular complexity index is 1090. The Morgan fingerprint density at radius 1 is 1.09 bits per heavy atom. The third-order valence-electron chi connectivity index (χ3n) is 5.37. The molecular formula is C20H28N7O8+. The van der Waals surface area contributed by atoms with Gasteiger partial charge < -0.3 is 36.5 Å². The van der Waals surface area contributed by atoms with Crippen LogP contribution < -0.4 is 17.2 Å². The molecular weight excluding hydrogens is 466 g/mol. The van der Waals surface area contributed by atoms with Gasteiger partial charge in [0.25, 0.3) is 0 Å². The van der Waals surface area contributed by atoms with E-state index in [1.165, 1.54) is 17.2 Å². The Hall–Kier alpha value is -3.53. The molecule has 0 bridgehead atoms. The number of nitrogens with zero attached hydrogens (tertiary/aromatic N) is 4. The normalized spacial score (nSPS) is 21.7. The van der Waals surface area contributed by atoms with E-state index in [0.717, 1.165) is 0 Å². The molecule has 0 saturated carbocycles. The molecule has 1 aliphatic rings. The number of ether oxygens (including phenoxy) is 3. The zero-order valence-corrected chi connectivity index (χ0v) is 18.9. The lowest BCUT2D eigenvalue weighted by molar-refractivity contribution is -0.354. The third-order valence-corrected chi connectivity index (χ3v) is 5.37. The predicted molar refractivity (Wildman–Crippen MR) is 116 cm³/mol. The summed E-state index contributed by atoms with van der Waals surface area (Å²) in [4.78, 5) is 59.3.